The SMILES string of the molecule is NCCNc1c2c(nc3cc(C4CCC4)nn13)CCC2. The highest BCUT2D eigenvalue weighted by Gasteiger charge is 2.25. The number of rotatable bonds is 4. The van der Waals surface area contributed by atoms with E-state index in [2.05, 4.69) is 11.4 Å². The van der Waals surface area contributed by atoms with Crippen molar-refractivity contribution in [1.82, 2.24) is 14.6 Å². The zero-order valence-corrected chi connectivity index (χ0v) is 11.7. The number of anilines is 1. The van der Waals surface area contributed by atoms with Crippen LogP contribution in [0.25, 0.3) is 5.65 Å². The van der Waals surface area contributed by atoms with Crippen molar-refractivity contribution < 1.29 is 0 Å². The molecule has 3 N–H and O–H groups in total. The maximum atomic E-state index is 5.64. The monoisotopic (exact) mass is 271 g/mol. The zero-order chi connectivity index (χ0) is 13.5. The fourth-order valence-electron chi connectivity index (χ4n) is 3.28. The van der Waals surface area contributed by atoms with Gasteiger partial charge in [0.25, 0.3) is 0 Å². The summed E-state index contributed by atoms with van der Waals surface area (Å²) in [5.74, 6) is 1.77. The van der Waals surface area contributed by atoms with Gasteiger partial charge in [0.2, 0.25) is 0 Å². The smallest absolute Gasteiger partial charge is 0.157 e. The summed E-state index contributed by atoms with van der Waals surface area (Å²) in [7, 11) is 0. The summed E-state index contributed by atoms with van der Waals surface area (Å²) >= 11 is 0. The van der Waals surface area contributed by atoms with E-state index in [1.54, 1.807) is 0 Å². The highest BCUT2D eigenvalue weighted by molar-refractivity contribution is 5.57. The first kappa shape index (κ1) is 12.1. The molecule has 1 saturated carbocycles. The van der Waals surface area contributed by atoms with Gasteiger partial charge in [-0.25, -0.2) is 4.98 Å². The lowest BCUT2D eigenvalue weighted by Crippen LogP contribution is -2.17. The Morgan fingerprint density at radius 3 is 2.95 bits per heavy atom. The molecule has 2 aromatic rings. The summed E-state index contributed by atoms with van der Waals surface area (Å²) in [5, 5.41) is 8.28. The minimum atomic E-state index is 0.634. The Hall–Kier alpha value is -1.62. The van der Waals surface area contributed by atoms with E-state index in [0.717, 1.165) is 30.9 Å². The fourth-order valence-corrected chi connectivity index (χ4v) is 3.28. The number of hydrogen-bond acceptors (Lipinski definition) is 4. The second-order valence-electron chi connectivity index (χ2n) is 5.92. The van der Waals surface area contributed by atoms with Gasteiger partial charge in [-0.2, -0.15) is 9.61 Å². The molecule has 5 nitrogen and oxygen atoms in total. The Bertz CT molecular complexity index is 641. The first-order chi connectivity index (χ1) is 9.86. The average molecular weight is 271 g/mol. The molecule has 106 valence electrons. The van der Waals surface area contributed by atoms with Crippen LogP contribution in [0.4, 0.5) is 5.82 Å². The van der Waals surface area contributed by atoms with Crippen molar-refractivity contribution in [2.45, 2.75) is 44.4 Å². The molecular formula is C15H21N5. The number of hydrogen-bond donors (Lipinski definition) is 2. The molecule has 20 heavy (non-hydrogen) atoms. The van der Waals surface area contributed by atoms with Crippen LogP contribution in [0, 0.1) is 0 Å². The molecule has 0 amide bonds. The Labute approximate surface area is 118 Å². The summed E-state index contributed by atoms with van der Waals surface area (Å²) in [4.78, 5) is 4.82. The molecular weight excluding hydrogens is 250 g/mol. The van der Waals surface area contributed by atoms with Crippen LogP contribution in [0.3, 0.4) is 0 Å². The molecule has 1 fully saturated rings. The van der Waals surface area contributed by atoms with Crippen molar-refractivity contribution in [2.75, 3.05) is 18.4 Å². The van der Waals surface area contributed by atoms with E-state index in [0.29, 0.717) is 12.5 Å². The Morgan fingerprint density at radius 1 is 1.30 bits per heavy atom. The lowest BCUT2D eigenvalue weighted by molar-refractivity contribution is 0.409. The van der Waals surface area contributed by atoms with Gasteiger partial charge in [0.05, 0.1) is 5.69 Å². The van der Waals surface area contributed by atoms with Crippen LogP contribution in [0.1, 0.15) is 48.6 Å². The number of nitrogens with one attached hydrogen (secondary N) is 1. The van der Waals surface area contributed by atoms with Crippen molar-refractivity contribution in [3.05, 3.63) is 23.0 Å². The standard InChI is InChI=1S/C15H21N5/c16-7-8-17-15-11-5-2-6-12(11)18-14-9-13(19-20(14)15)10-3-1-4-10/h9-10,17H,1-8,16H2. The van der Waals surface area contributed by atoms with E-state index >= 15 is 0 Å². The third-order valence-electron chi connectivity index (χ3n) is 4.61. The lowest BCUT2D eigenvalue weighted by atomic mass is 9.83. The number of nitrogens with zero attached hydrogens (tertiary/aromatic N) is 3. The maximum Gasteiger partial charge on any atom is 0.157 e. The molecule has 2 aliphatic carbocycles. The summed E-state index contributed by atoms with van der Waals surface area (Å²) in [6, 6.07) is 2.18. The molecule has 0 saturated heterocycles. The highest BCUT2D eigenvalue weighted by Crippen LogP contribution is 2.37. The van der Waals surface area contributed by atoms with Crippen LogP contribution in [0.15, 0.2) is 6.07 Å². The van der Waals surface area contributed by atoms with Gasteiger partial charge >= 0.3 is 0 Å². The molecule has 2 heterocycles. The molecule has 4 rings (SSSR count). The van der Waals surface area contributed by atoms with Gasteiger partial charge in [-0.3, -0.25) is 0 Å². The number of nitrogens with two attached hydrogens (primary N) is 1. The first-order valence-corrected chi connectivity index (χ1v) is 7.72. The van der Waals surface area contributed by atoms with Gasteiger partial charge in [0, 0.05) is 36.3 Å². The minimum Gasteiger partial charge on any atom is -0.368 e. The van der Waals surface area contributed by atoms with E-state index < -0.39 is 0 Å². The first-order valence-electron chi connectivity index (χ1n) is 7.72. The van der Waals surface area contributed by atoms with Crippen molar-refractivity contribution in [3.8, 4) is 0 Å². The maximum absolute atomic E-state index is 5.64. The Kier molecular flexibility index (Phi) is 2.88. The summed E-state index contributed by atoms with van der Waals surface area (Å²) < 4.78 is 2.01. The minimum absolute atomic E-state index is 0.634. The van der Waals surface area contributed by atoms with Gasteiger partial charge < -0.3 is 11.1 Å². The summed E-state index contributed by atoms with van der Waals surface area (Å²) in [6.45, 7) is 1.42. The molecule has 0 aromatic carbocycles. The number of aryl methyl sites for hydroxylation is 1. The van der Waals surface area contributed by atoms with Crippen molar-refractivity contribution >= 4 is 11.5 Å². The molecule has 0 spiro atoms. The van der Waals surface area contributed by atoms with Gasteiger partial charge in [0.15, 0.2) is 5.65 Å². The van der Waals surface area contributed by atoms with Crippen LogP contribution in [0.2, 0.25) is 0 Å². The van der Waals surface area contributed by atoms with E-state index in [1.807, 2.05) is 4.52 Å². The molecule has 0 bridgehead atoms. The van der Waals surface area contributed by atoms with Gasteiger partial charge in [0.1, 0.15) is 5.82 Å². The van der Waals surface area contributed by atoms with Gasteiger partial charge in [-0.1, -0.05) is 6.42 Å². The Balaban J connectivity index is 1.83. The van der Waals surface area contributed by atoms with Crippen LogP contribution in [0.5, 0.6) is 0 Å². The summed E-state index contributed by atoms with van der Waals surface area (Å²) in [6.07, 6.45) is 7.27. The van der Waals surface area contributed by atoms with E-state index in [9.17, 15) is 0 Å². The van der Waals surface area contributed by atoms with Crippen LogP contribution < -0.4 is 11.1 Å². The molecule has 0 atom stereocenters. The second kappa shape index (κ2) is 4.74. The van der Waals surface area contributed by atoms with Crippen molar-refractivity contribution in [3.63, 3.8) is 0 Å². The Morgan fingerprint density at radius 2 is 2.20 bits per heavy atom. The quantitative estimate of drug-likeness (QED) is 0.890. The molecule has 0 aliphatic heterocycles. The normalized spacial score (nSPS) is 18.2. The molecule has 5 heteroatoms. The lowest BCUT2D eigenvalue weighted by Gasteiger charge is -2.22. The van der Waals surface area contributed by atoms with Crippen LogP contribution in [-0.4, -0.2) is 27.7 Å². The largest absolute Gasteiger partial charge is 0.368 e. The second-order valence-corrected chi connectivity index (χ2v) is 5.92. The topological polar surface area (TPSA) is 68.2 Å². The number of aromatic nitrogens is 3. The number of fused-ring (bicyclic) bond motifs is 2. The van der Waals surface area contributed by atoms with Crippen molar-refractivity contribution in [1.29, 1.82) is 0 Å². The third kappa shape index (κ3) is 1.80. The molecule has 0 unspecified atom stereocenters. The molecule has 2 aromatic heterocycles. The van der Waals surface area contributed by atoms with E-state index in [4.69, 9.17) is 15.8 Å². The highest BCUT2D eigenvalue weighted by atomic mass is 15.3. The van der Waals surface area contributed by atoms with Crippen LogP contribution >= 0.6 is 0 Å². The van der Waals surface area contributed by atoms with Gasteiger partial charge in [-0.15, -0.1) is 0 Å². The van der Waals surface area contributed by atoms with Crippen LogP contribution in [-0.2, 0) is 12.8 Å². The van der Waals surface area contributed by atoms with Crippen molar-refractivity contribution in [2.24, 2.45) is 5.73 Å². The van der Waals surface area contributed by atoms with E-state index in [-0.39, 0.29) is 0 Å². The molecule has 0 radical (unpaired) electrons. The summed E-state index contributed by atoms with van der Waals surface area (Å²) in [5.41, 5.74) is 10.4. The van der Waals surface area contributed by atoms with Gasteiger partial charge in [-0.05, 0) is 32.1 Å². The predicted molar refractivity (Wildman–Crippen MR) is 79.1 cm³/mol. The molecule has 2 aliphatic rings. The average Bonchev–Trinajstić information content (AvgIpc) is 2.98. The predicted octanol–water partition coefficient (Wildman–Crippen LogP) is 1.86. The van der Waals surface area contributed by atoms with E-state index in [1.165, 1.54) is 42.6 Å². The third-order valence-corrected chi connectivity index (χ3v) is 4.61. The fraction of sp³-hybridized carbons (Fsp3) is 0.600. The zero-order valence-electron chi connectivity index (χ0n) is 11.7.